The van der Waals surface area contributed by atoms with Gasteiger partial charge in [-0.25, -0.2) is 0 Å². The molecular formula is C38H74O7. The molecule has 45 heavy (non-hydrogen) atoms. The zero-order valence-corrected chi connectivity index (χ0v) is 30.4. The normalized spacial score (nSPS) is 13.7. The van der Waals surface area contributed by atoms with Crippen molar-refractivity contribution in [1.82, 2.24) is 0 Å². The maximum atomic E-state index is 6.14. The number of allylic oxidation sites excluding steroid dienone is 2. The van der Waals surface area contributed by atoms with Gasteiger partial charge in [0.15, 0.2) is 25.2 Å². The van der Waals surface area contributed by atoms with Gasteiger partial charge in [-0.2, -0.15) is 0 Å². The molecule has 0 saturated carbocycles. The maximum absolute atomic E-state index is 6.14. The van der Waals surface area contributed by atoms with Crippen LogP contribution in [0, 0.1) is 0 Å². The van der Waals surface area contributed by atoms with Gasteiger partial charge in [0, 0.05) is 39.6 Å². The zero-order chi connectivity index (χ0) is 33.1. The average molecular weight is 643 g/mol. The van der Waals surface area contributed by atoms with E-state index in [1.807, 2.05) is 53.7 Å². The van der Waals surface area contributed by atoms with E-state index >= 15 is 0 Å². The number of rotatable bonds is 36. The lowest BCUT2D eigenvalue weighted by Gasteiger charge is -2.20. The van der Waals surface area contributed by atoms with E-state index < -0.39 is 0 Å². The lowest BCUT2D eigenvalue weighted by Crippen LogP contribution is -2.24. The molecule has 0 radical (unpaired) electrons. The smallest absolute Gasteiger partial charge is 0.180 e. The lowest BCUT2D eigenvalue weighted by atomic mass is 10.1. The molecule has 0 aromatic heterocycles. The lowest BCUT2D eigenvalue weighted by molar-refractivity contribution is -0.204. The van der Waals surface area contributed by atoms with Crippen LogP contribution in [0.4, 0.5) is 0 Å². The fraction of sp³-hybridized carbons (Fsp3) is 0.895. The van der Waals surface area contributed by atoms with Crippen LogP contribution < -0.4 is 0 Å². The first-order valence-electron chi connectivity index (χ1n) is 18.8. The second-order valence-electron chi connectivity index (χ2n) is 11.4. The van der Waals surface area contributed by atoms with Gasteiger partial charge >= 0.3 is 0 Å². The highest BCUT2D eigenvalue weighted by molar-refractivity contribution is 4.89. The van der Waals surface area contributed by atoms with Crippen LogP contribution in [-0.4, -0.2) is 64.8 Å². The Bertz CT molecular complexity index is 563. The van der Waals surface area contributed by atoms with Crippen molar-refractivity contribution in [1.29, 1.82) is 0 Å². The van der Waals surface area contributed by atoms with Crippen LogP contribution in [0.3, 0.4) is 0 Å². The Balaban J connectivity index is 4.04. The van der Waals surface area contributed by atoms with E-state index in [1.165, 1.54) is 89.9 Å². The molecule has 0 amide bonds. The fourth-order valence-electron chi connectivity index (χ4n) is 5.24. The van der Waals surface area contributed by atoms with Crippen molar-refractivity contribution in [2.24, 2.45) is 0 Å². The molecule has 0 aliphatic carbocycles. The van der Waals surface area contributed by atoms with E-state index in [0.29, 0.717) is 13.2 Å². The summed E-state index contributed by atoms with van der Waals surface area (Å²) in [5, 5.41) is 0. The largest absolute Gasteiger partial charge is 0.353 e. The van der Waals surface area contributed by atoms with Crippen molar-refractivity contribution in [3.8, 4) is 0 Å². The topological polar surface area (TPSA) is 64.6 Å². The van der Waals surface area contributed by atoms with Gasteiger partial charge in [0.25, 0.3) is 0 Å². The molecule has 268 valence electrons. The highest BCUT2D eigenvalue weighted by Gasteiger charge is 2.12. The third kappa shape index (κ3) is 30.3. The minimum Gasteiger partial charge on any atom is -0.353 e. The molecule has 0 rings (SSSR count). The van der Waals surface area contributed by atoms with E-state index in [0.717, 1.165) is 52.1 Å². The predicted molar refractivity (Wildman–Crippen MR) is 187 cm³/mol. The SMILES string of the molecule is CCOC(C=CCCCCCCCCCC(OCC)OCC)OC(C=CCCCCCCCCCC(OCC)OCC)OCC. The van der Waals surface area contributed by atoms with Gasteiger partial charge in [0.2, 0.25) is 0 Å². The van der Waals surface area contributed by atoms with Crippen molar-refractivity contribution in [3.63, 3.8) is 0 Å². The summed E-state index contributed by atoms with van der Waals surface area (Å²) in [6.45, 7) is 16.2. The minimum absolute atomic E-state index is 0.0242. The predicted octanol–water partition coefficient (Wildman–Crippen LogP) is 10.7. The van der Waals surface area contributed by atoms with E-state index in [9.17, 15) is 0 Å². The Morgan fingerprint density at radius 3 is 0.956 bits per heavy atom. The van der Waals surface area contributed by atoms with Gasteiger partial charge in [-0.05, 0) is 105 Å². The van der Waals surface area contributed by atoms with Crippen LogP contribution in [0.1, 0.15) is 157 Å². The first kappa shape index (κ1) is 44.2. The van der Waals surface area contributed by atoms with Gasteiger partial charge in [0.1, 0.15) is 0 Å². The highest BCUT2D eigenvalue weighted by Crippen LogP contribution is 2.15. The van der Waals surface area contributed by atoms with Crippen LogP contribution in [0.25, 0.3) is 0 Å². The van der Waals surface area contributed by atoms with Crippen molar-refractivity contribution < 1.29 is 33.2 Å². The number of unbranched alkanes of at least 4 members (excludes halogenated alkanes) is 14. The number of hydrogen-bond acceptors (Lipinski definition) is 7. The number of ether oxygens (including phenoxy) is 7. The molecule has 0 aliphatic heterocycles. The molecule has 0 saturated heterocycles. The van der Waals surface area contributed by atoms with Gasteiger partial charge in [0.05, 0.1) is 0 Å². The summed E-state index contributed by atoms with van der Waals surface area (Å²) >= 11 is 0. The second-order valence-corrected chi connectivity index (χ2v) is 11.4. The van der Waals surface area contributed by atoms with Crippen LogP contribution in [0.2, 0.25) is 0 Å². The van der Waals surface area contributed by atoms with Gasteiger partial charge < -0.3 is 33.2 Å². The molecular weight excluding hydrogens is 568 g/mol. The summed E-state index contributed by atoms with van der Waals surface area (Å²) in [6, 6.07) is 0. The van der Waals surface area contributed by atoms with E-state index in [1.54, 1.807) is 0 Å². The van der Waals surface area contributed by atoms with Gasteiger partial charge in [-0.15, -0.1) is 0 Å². The maximum Gasteiger partial charge on any atom is 0.180 e. The Hall–Kier alpha value is -0.800. The summed E-state index contributed by atoms with van der Waals surface area (Å²) in [7, 11) is 0. The first-order chi connectivity index (χ1) is 22.1. The van der Waals surface area contributed by atoms with Crippen molar-refractivity contribution in [2.45, 2.75) is 182 Å². The third-order valence-electron chi connectivity index (χ3n) is 7.55. The molecule has 0 bridgehead atoms. The second kappa shape index (κ2) is 36.0. The first-order valence-corrected chi connectivity index (χ1v) is 18.8. The van der Waals surface area contributed by atoms with E-state index in [2.05, 4.69) is 12.2 Å². The fourth-order valence-corrected chi connectivity index (χ4v) is 5.24. The Kier molecular flexibility index (Phi) is 35.4. The monoisotopic (exact) mass is 643 g/mol. The Morgan fingerprint density at radius 2 is 0.644 bits per heavy atom. The number of hydrogen-bond donors (Lipinski definition) is 0. The molecule has 0 N–H and O–H groups in total. The van der Waals surface area contributed by atoms with E-state index in [4.69, 9.17) is 33.2 Å². The summed E-state index contributed by atoms with van der Waals surface area (Å²) in [5.41, 5.74) is 0. The molecule has 0 fully saturated rings. The van der Waals surface area contributed by atoms with Crippen molar-refractivity contribution >= 4 is 0 Å². The summed E-state index contributed by atoms with van der Waals surface area (Å²) in [6.07, 6.45) is 29.3. The third-order valence-corrected chi connectivity index (χ3v) is 7.55. The molecule has 7 nitrogen and oxygen atoms in total. The molecule has 7 heteroatoms. The van der Waals surface area contributed by atoms with E-state index in [-0.39, 0.29) is 25.2 Å². The van der Waals surface area contributed by atoms with Gasteiger partial charge in [-0.3, -0.25) is 0 Å². The van der Waals surface area contributed by atoms with Crippen molar-refractivity contribution in [2.75, 3.05) is 39.6 Å². The minimum atomic E-state index is -0.384. The molecule has 2 unspecified atom stereocenters. The summed E-state index contributed by atoms with van der Waals surface area (Å²) in [5.74, 6) is 0. The molecule has 0 aliphatic rings. The van der Waals surface area contributed by atoms with Crippen molar-refractivity contribution in [3.05, 3.63) is 24.3 Å². The quantitative estimate of drug-likeness (QED) is 0.0383. The van der Waals surface area contributed by atoms with Crippen LogP contribution >= 0.6 is 0 Å². The molecule has 0 aromatic carbocycles. The van der Waals surface area contributed by atoms with Crippen LogP contribution in [0.15, 0.2) is 24.3 Å². The Labute approximate surface area is 279 Å². The zero-order valence-electron chi connectivity index (χ0n) is 30.4. The van der Waals surface area contributed by atoms with Gasteiger partial charge in [-0.1, -0.05) is 76.4 Å². The highest BCUT2D eigenvalue weighted by atomic mass is 16.8. The average Bonchev–Trinajstić information content (AvgIpc) is 3.02. The molecule has 2 atom stereocenters. The molecule has 0 aromatic rings. The van der Waals surface area contributed by atoms with Crippen LogP contribution in [-0.2, 0) is 33.2 Å². The standard InChI is InChI=1S/C38H74O7/c1-7-39-35(40-8-2)31-27-23-19-15-13-17-21-25-29-33-37(43-11-5)45-38(44-12-6)34-30-26-22-18-14-16-20-24-28-32-36(41-9-3)42-10-4/h29-30,33-38H,7-28,31-32H2,1-6H3. The summed E-state index contributed by atoms with van der Waals surface area (Å²) < 4.78 is 40.3. The summed E-state index contributed by atoms with van der Waals surface area (Å²) in [4.78, 5) is 0. The van der Waals surface area contributed by atoms with Crippen LogP contribution in [0.5, 0.6) is 0 Å². The molecule has 0 heterocycles. The molecule has 0 spiro atoms. The Morgan fingerprint density at radius 1 is 0.356 bits per heavy atom.